The van der Waals surface area contributed by atoms with Crippen LogP contribution in [0.5, 0.6) is 0 Å². The SMILES string of the molecule is CCOC(=O)CCNc1ccc(C(N)=S)c(C(F)(F)F)c1. The number of nitrogens with one attached hydrogen (secondary N) is 1. The van der Waals surface area contributed by atoms with Crippen molar-refractivity contribution < 1.29 is 22.7 Å². The first-order valence-corrected chi connectivity index (χ1v) is 6.57. The van der Waals surface area contributed by atoms with Gasteiger partial charge in [-0.25, -0.2) is 0 Å². The molecule has 0 radical (unpaired) electrons. The van der Waals surface area contributed by atoms with Crippen molar-refractivity contribution in [2.75, 3.05) is 18.5 Å². The summed E-state index contributed by atoms with van der Waals surface area (Å²) >= 11 is 4.61. The van der Waals surface area contributed by atoms with Crippen LogP contribution in [0.15, 0.2) is 18.2 Å². The molecular formula is C13H15F3N2O2S. The van der Waals surface area contributed by atoms with Gasteiger partial charge in [0.15, 0.2) is 0 Å². The van der Waals surface area contributed by atoms with Crippen LogP contribution in [0.1, 0.15) is 24.5 Å². The Morgan fingerprint density at radius 1 is 1.43 bits per heavy atom. The Hall–Kier alpha value is -1.83. The number of anilines is 1. The van der Waals surface area contributed by atoms with Gasteiger partial charge in [0, 0.05) is 17.8 Å². The molecule has 0 spiro atoms. The van der Waals surface area contributed by atoms with E-state index in [1.54, 1.807) is 6.92 Å². The summed E-state index contributed by atoms with van der Waals surface area (Å²) in [4.78, 5) is 10.8. The highest BCUT2D eigenvalue weighted by molar-refractivity contribution is 7.80. The average Bonchev–Trinajstić information content (AvgIpc) is 2.37. The van der Waals surface area contributed by atoms with Crippen LogP contribution in [-0.4, -0.2) is 24.1 Å². The van der Waals surface area contributed by atoms with E-state index < -0.39 is 17.7 Å². The lowest BCUT2D eigenvalue weighted by molar-refractivity contribution is -0.142. The molecule has 4 nitrogen and oxygen atoms in total. The average molecular weight is 320 g/mol. The first-order chi connectivity index (χ1) is 9.75. The van der Waals surface area contributed by atoms with E-state index in [4.69, 9.17) is 10.5 Å². The third-order valence-corrected chi connectivity index (χ3v) is 2.77. The summed E-state index contributed by atoms with van der Waals surface area (Å²) < 4.78 is 43.5. The summed E-state index contributed by atoms with van der Waals surface area (Å²) in [6, 6.07) is 3.55. The fraction of sp³-hybridized carbons (Fsp3) is 0.385. The van der Waals surface area contributed by atoms with E-state index in [9.17, 15) is 18.0 Å². The van der Waals surface area contributed by atoms with E-state index in [1.807, 2.05) is 0 Å². The van der Waals surface area contributed by atoms with Gasteiger partial charge in [0.1, 0.15) is 4.99 Å². The number of halogens is 3. The highest BCUT2D eigenvalue weighted by Crippen LogP contribution is 2.33. The zero-order chi connectivity index (χ0) is 16.0. The minimum Gasteiger partial charge on any atom is -0.466 e. The first-order valence-electron chi connectivity index (χ1n) is 6.16. The molecule has 0 bridgehead atoms. The lowest BCUT2D eigenvalue weighted by atomic mass is 10.1. The number of thiocarbonyl (C=S) groups is 1. The maximum atomic E-state index is 12.9. The molecule has 1 rings (SSSR count). The number of carbonyl (C=O) groups is 1. The largest absolute Gasteiger partial charge is 0.466 e. The molecule has 0 unspecified atom stereocenters. The second-order valence-electron chi connectivity index (χ2n) is 4.10. The quantitative estimate of drug-likeness (QED) is 0.623. The van der Waals surface area contributed by atoms with E-state index in [2.05, 4.69) is 17.5 Å². The number of esters is 1. The van der Waals surface area contributed by atoms with Gasteiger partial charge in [-0.3, -0.25) is 4.79 Å². The highest BCUT2D eigenvalue weighted by atomic mass is 32.1. The first kappa shape index (κ1) is 17.2. The van der Waals surface area contributed by atoms with E-state index >= 15 is 0 Å². The summed E-state index contributed by atoms with van der Waals surface area (Å²) in [5.74, 6) is -0.416. The van der Waals surface area contributed by atoms with Gasteiger partial charge in [0.2, 0.25) is 0 Å². The minimum absolute atomic E-state index is 0.0617. The van der Waals surface area contributed by atoms with Crippen LogP contribution in [0.25, 0.3) is 0 Å². The van der Waals surface area contributed by atoms with Gasteiger partial charge in [-0.2, -0.15) is 13.2 Å². The van der Waals surface area contributed by atoms with Crippen molar-refractivity contribution in [3.8, 4) is 0 Å². The number of hydrogen-bond acceptors (Lipinski definition) is 4. The Bertz CT molecular complexity index is 533. The van der Waals surface area contributed by atoms with Gasteiger partial charge in [0.05, 0.1) is 18.6 Å². The number of carbonyl (C=O) groups excluding carboxylic acids is 1. The van der Waals surface area contributed by atoms with Crippen molar-refractivity contribution in [3.05, 3.63) is 29.3 Å². The Kier molecular flexibility index (Phi) is 5.95. The summed E-state index contributed by atoms with van der Waals surface area (Å²) in [5.41, 5.74) is 4.38. The molecule has 0 heterocycles. The van der Waals surface area contributed by atoms with Crippen molar-refractivity contribution in [2.45, 2.75) is 19.5 Å². The van der Waals surface area contributed by atoms with Crippen molar-refractivity contribution >= 4 is 28.9 Å². The predicted molar refractivity (Wildman–Crippen MR) is 77.1 cm³/mol. The Morgan fingerprint density at radius 2 is 2.10 bits per heavy atom. The smallest absolute Gasteiger partial charge is 0.417 e. The highest BCUT2D eigenvalue weighted by Gasteiger charge is 2.34. The zero-order valence-corrected chi connectivity index (χ0v) is 12.1. The third-order valence-electron chi connectivity index (χ3n) is 2.55. The van der Waals surface area contributed by atoms with E-state index in [1.165, 1.54) is 12.1 Å². The van der Waals surface area contributed by atoms with Crippen molar-refractivity contribution in [1.82, 2.24) is 0 Å². The standard InChI is InChI=1S/C13H15F3N2O2S/c1-2-20-11(19)5-6-18-8-3-4-9(12(17)21)10(7-8)13(14,15)16/h3-4,7,18H,2,5-6H2,1H3,(H2,17,21). The van der Waals surface area contributed by atoms with Crippen LogP contribution in [0.2, 0.25) is 0 Å². The van der Waals surface area contributed by atoms with Crippen molar-refractivity contribution in [2.24, 2.45) is 5.73 Å². The van der Waals surface area contributed by atoms with Crippen molar-refractivity contribution in [1.29, 1.82) is 0 Å². The maximum Gasteiger partial charge on any atom is 0.417 e. The number of hydrogen-bond donors (Lipinski definition) is 2. The fourth-order valence-electron chi connectivity index (χ4n) is 1.65. The predicted octanol–water partition coefficient (Wildman–Crippen LogP) is 2.70. The van der Waals surface area contributed by atoms with Gasteiger partial charge in [0.25, 0.3) is 0 Å². The molecule has 0 atom stereocenters. The fourth-order valence-corrected chi connectivity index (χ4v) is 1.82. The molecule has 0 aliphatic carbocycles. The van der Waals surface area contributed by atoms with Crippen molar-refractivity contribution in [3.63, 3.8) is 0 Å². The molecular weight excluding hydrogens is 305 g/mol. The van der Waals surface area contributed by atoms with Crippen LogP contribution < -0.4 is 11.1 Å². The number of ether oxygens (including phenoxy) is 1. The topological polar surface area (TPSA) is 64.3 Å². The van der Waals surface area contributed by atoms with Gasteiger partial charge in [-0.05, 0) is 25.1 Å². The monoisotopic (exact) mass is 320 g/mol. The molecule has 0 aromatic heterocycles. The molecule has 0 amide bonds. The minimum atomic E-state index is -4.56. The molecule has 1 aromatic carbocycles. The van der Waals surface area contributed by atoms with Crippen LogP contribution in [0, 0.1) is 0 Å². The lowest BCUT2D eigenvalue weighted by Crippen LogP contribution is -2.18. The second kappa shape index (κ2) is 7.26. The molecule has 0 aliphatic heterocycles. The Labute approximate surface area is 125 Å². The Balaban J connectivity index is 2.82. The molecule has 0 saturated heterocycles. The molecule has 21 heavy (non-hydrogen) atoms. The van der Waals surface area contributed by atoms with E-state index in [-0.39, 0.29) is 35.8 Å². The molecule has 0 aliphatic rings. The molecule has 0 saturated carbocycles. The molecule has 3 N–H and O–H groups in total. The molecule has 8 heteroatoms. The van der Waals surface area contributed by atoms with Gasteiger partial charge < -0.3 is 15.8 Å². The normalized spacial score (nSPS) is 11.0. The van der Waals surface area contributed by atoms with Crippen LogP contribution in [-0.2, 0) is 15.7 Å². The molecule has 116 valence electrons. The summed E-state index contributed by atoms with van der Waals surface area (Å²) in [5, 5.41) is 2.73. The van der Waals surface area contributed by atoms with Crippen LogP contribution in [0.3, 0.4) is 0 Å². The van der Waals surface area contributed by atoms with Gasteiger partial charge >= 0.3 is 12.1 Å². The van der Waals surface area contributed by atoms with E-state index in [0.717, 1.165) is 6.07 Å². The number of rotatable bonds is 6. The summed E-state index contributed by atoms with van der Waals surface area (Å²) in [6.45, 7) is 2.11. The lowest BCUT2D eigenvalue weighted by Gasteiger charge is -2.14. The number of alkyl halides is 3. The van der Waals surface area contributed by atoms with Crippen LogP contribution in [0.4, 0.5) is 18.9 Å². The maximum absolute atomic E-state index is 12.9. The Morgan fingerprint density at radius 3 is 2.62 bits per heavy atom. The summed E-state index contributed by atoms with van der Waals surface area (Å²) in [6.07, 6.45) is -4.50. The van der Waals surface area contributed by atoms with Gasteiger partial charge in [-0.1, -0.05) is 12.2 Å². The molecule has 0 fully saturated rings. The van der Waals surface area contributed by atoms with Gasteiger partial charge in [-0.15, -0.1) is 0 Å². The second-order valence-corrected chi connectivity index (χ2v) is 4.54. The summed E-state index contributed by atoms with van der Waals surface area (Å²) in [7, 11) is 0. The van der Waals surface area contributed by atoms with E-state index in [0.29, 0.717) is 0 Å². The number of nitrogens with two attached hydrogens (primary N) is 1. The van der Waals surface area contributed by atoms with Crippen LogP contribution >= 0.6 is 12.2 Å². The molecule has 1 aromatic rings. The third kappa shape index (κ3) is 5.22. The number of benzene rings is 1. The zero-order valence-electron chi connectivity index (χ0n) is 11.3.